The second kappa shape index (κ2) is 6.45. The molecule has 2 aromatic rings. The van der Waals surface area contributed by atoms with Gasteiger partial charge in [-0.25, -0.2) is 26.3 Å². The molecule has 0 atom stereocenters. The molecule has 0 amide bonds. The Morgan fingerprint density at radius 1 is 0.913 bits per heavy atom. The SMILES string of the molecule is Fc1c(F)c(F)c(SN(Cc2ccncc2)C2CC2)c(F)c1F. The van der Waals surface area contributed by atoms with Gasteiger partial charge in [-0.1, -0.05) is 0 Å². The summed E-state index contributed by atoms with van der Waals surface area (Å²) in [5.41, 5.74) is 0.836. The van der Waals surface area contributed by atoms with E-state index in [1.807, 2.05) is 0 Å². The number of aromatic nitrogens is 1. The molecule has 1 aliphatic carbocycles. The fraction of sp³-hybridized carbons (Fsp3) is 0.267. The van der Waals surface area contributed by atoms with E-state index in [1.54, 1.807) is 28.8 Å². The van der Waals surface area contributed by atoms with Crippen LogP contribution in [0.2, 0.25) is 0 Å². The van der Waals surface area contributed by atoms with Crippen LogP contribution in [0.3, 0.4) is 0 Å². The Morgan fingerprint density at radius 2 is 1.43 bits per heavy atom. The second-order valence-corrected chi connectivity index (χ2v) is 6.21. The molecule has 23 heavy (non-hydrogen) atoms. The summed E-state index contributed by atoms with van der Waals surface area (Å²) in [4.78, 5) is 3.00. The van der Waals surface area contributed by atoms with Crippen molar-refractivity contribution in [3.05, 3.63) is 59.2 Å². The van der Waals surface area contributed by atoms with Crippen molar-refractivity contribution in [1.29, 1.82) is 0 Å². The summed E-state index contributed by atoms with van der Waals surface area (Å²) in [5.74, 6) is -9.59. The third-order valence-electron chi connectivity index (χ3n) is 3.42. The van der Waals surface area contributed by atoms with Crippen LogP contribution in [0, 0.1) is 29.1 Å². The van der Waals surface area contributed by atoms with Crippen LogP contribution < -0.4 is 0 Å². The van der Waals surface area contributed by atoms with Crippen molar-refractivity contribution in [3.8, 4) is 0 Å². The lowest BCUT2D eigenvalue weighted by molar-refractivity contribution is 0.358. The topological polar surface area (TPSA) is 16.1 Å². The first kappa shape index (κ1) is 16.2. The van der Waals surface area contributed by atoms with Gasteiger partial charge in [-0.3, -0.25) is 4.98 Å². The zero-order valence-electron chi connectivity index (χ0n) is 11.7. The minimum absolute atomic E-state index is 0.0446. The van der Waals surface area contributed by atoms with Crippen LogP contribution in [0.4, 0.5) is 22.0 Å². The summed E-state index contributed by atoms with van der Waals surface area (Å²) in [6.07, 6.45) is 4.77. The molecule has 0 aliphatic heterocycles. The van der Waals surface area contributed by atoms with E-state index in [4.69, 9.17) is 0 Å². The molecule has 0 unspecified atom stereocenters. The van der Waals surface area contributed by atoms with Gasteiger partial charge in [0.1, 0.15) is 4.90 Å². The molecule has 122 valence electrons. The van der Waals surface area contributed by atoms with Crippen molar-refractivity contribution in [2.24, 2.45) is 0 Å². The summed E-state index contributed by atoms with van der Waals surface area (Å²) in [6.45, 7) is 0.317. The Balaban J connectivity index is 1.89. The van der Waals surface area contributed by atoms with E-state index in [1.165, 1.54) is 0 Å². The first-order valence-electron chi connectivity index (χ1n) is 6.84. The number of hydrogen-bond acceptors (Lipinski definition) is 3. The Hall–Kier alpha value is -1.67. The van der Waals surface area contributed by atoms with Gasteiger partial charge in [-0.2, -0.15) is 0 Å². The maximum Gasteiger partial charge on any atom is 0.200 e. The second-order valence-electron chi connectivity index (χ2n) is 5.15. The summed E-state index contributed by atoms with van der Waals surface area (Å²) in [6, 6.07) is 3.51. The van der Waals surface area contributed by atoms with Crippen LogP contribution in [0.25, 0.3) is 0 Å². The lowest BCUT2D eigenvalue weighted by Crippen LogP contribution is -2.19. The number of pyridine rings is 1. The predicted octanol–water partition coefficient (Wildman–Crippen LogP) is 4.45. The maximum absolute atomic E-state index is 13.8. The van der Waals surface area contributed by atoms with Crippen LogP contribution in [-0.2, 0) is 6.54 Å². The Labute approximate surface area is 133 Å². The molecular formula is C15H11F5N2S. The van der Waals surface area contributed by atoms with Crippen molar-refractivity contribution in [2.45, 2.75) is 30.3 Å². The molecule has 0 bridgehead atoms. The van der Waals surface area contributed by atoms with Gasteiger partial charge >= 0.3 is 0 Å². The lowest BCUT2D eigenvalue weighted by atomic mass is 10.3. The van der Waals surface area contributed by atoms with E-state index in [9.17, 15) is 22.0 Å². The van der Waals surface area contributed by atoms with E-state index in [0.29, 0.717) is 18.5 Å². The smallest absolute Gasteiger partial charge is 0.200 e. The van der Waals surface area contributed by atoms with E-state index in [0.717, 1.165) is 18.4 Å². The summed E-state index contributed by atoms with van der Waals surface area (Å²) in [5, 5.41) is 0. The van der Waals surface area contributed by atoms with Gasteiger partial charge in [0.05, 0.1) is 0 Å². The van der Waals surface area contributed by atoms with E-state index in [-0.39, 0.29) is 6.04 Å². The minimum atomic E-state index is -2.14. The van der Waals surface area contributed by atoms with Crippen molar-refractivity contribution < 1.29 is 22.0 Å². The minimum Gasteiger partial charge on any atom is -0.265 e. The lowest BCUT2D eigenvalue weighted by Gasteiger charge is -2.21. The average molecular weight is 346 g/mol. The molecule has 0 N–H and O–H groups in total. The first-order chi connectivity index (χ1) is 11.0. The van der Waals surface area contributed by atoms with Crippen molar-refractivity contribution in [3.63, 3.8) is 0 Å². The molecule has 2 nitrogen and oxygen atoms in total. The summed E-state index contributed by atoms with van der Waals surface area (Å²) >= 11 is 0.561. The first-order valence-corrected chi connectivity index (χ1v) is 7.61. The van der Waals surface area contributed by atoms with Crippen molar-refractivity contribution >= 4 is 11.9 Å². The highest BCUT2D eigenvalue weighted by Crippen LogP contribution is 2.40. The third kappa shape index (κ3) is 3.32. The van der Waals surface area contributed by atoms with Crippen molar-refractivity contribution in [2.75, 3.05) is 0 Å². The molecular weight excluding hydrogens is 335 g/mol. The maximum atomic E-state index is 13.8. The van der Waals surface area contributed by atoms with Crippen LogP contribution in [0.1, 0.15) is 18.4 Å². The average Bonchev–Trinajstić information content (AvgIpc) is 3.40. The normalized spacial score (nSPS) is 14.5. The third-order valence-corrected chi connectivity index (χ3v) is 4.62. The van der Waals surface area contributed by atoms with E-state index >= 15 is 0 Å². The van der Waals surface area contributed by atoms with Gasteiger partial charge in [0.25, 0.3) is 0 Å². The number of nitrogens with zero attached hydrogens (tertiary/aromatic N) is 2. The molecule has 1 fully saturated rings. The Kier molecular flexibility index (Phi) is 4.54. The molecule has 0 spiro atoms. The van der Waals surface area contributed by atoms with E-state index < -0.39 is 34.0 Å². The fourth-order valence-electron chi connectivity index (χ4n) is 2.05. The van der Waals surface area contributed by atoms with Crippen molar-refractivity contribution in [1.82, 2.24) is 9.29 Å². The quantitative estimate of drug-likeness (QED) is 0.344. The Bertz CT molecular complexity index is 693. The molecule has 0 radical (unpaired) electrons. The summed E-state index contributed by atoms with van der Waals surface area (Å²) < 4.78 is 68.9. The molecule has 1 heterocycles. The van der Waals surface area contributed by atoms with Gasteiger partial charge < -0.3 is 0 Å². The highest BCUT2D eigenvalue weighted by Gasteiger charge is 2.34. The largest absolute Gasteiger partial charge is 0.265 e. The standard InChI is InChI=1S/C15H11F5N2S/c16-10-11(17)13(19)15(14(20)12(10)18)23-22(9-1-2-9)7-8-3-5-21-6-4-8/h3-6,9H,1-2,7H2. The highest BCUT2D eigenvalue weighted by molar-refractivity contribution is 7.97. The highest BCUT2D eigenvalue weighted by atomic mass is 32.2. The van der Waals surface area contributed by atoms with E-state index in [2.05, 4.69) is 4.98 Å². The number of halogens is 5. The molecule has 1 saturated carbocycles. The molecule has 0 saturated heterocycles. The molecule has 3 rings (SSSR count). The van der Waals surface area contributed by atoms with Gasteiger partial charge in [0, 0.05) is 25.0 Å². The van der Waals surface area contributed by atoms with Gasteiger partial charge in [-0.15, -0.1) is 0 Å². The Morgan fingerprint density at radius 3 is 1.96 bits per heavy atom. The molecule has 1 aromatic heterocycles. The zero-order valence-corrected chi connectivity index (χ0v) is 12.5. The zero-order chi connectivity index (χ0) is 16.6. The van der Waals surface area contributed by atoms with Gasteiger partial charge in [0.15, 0.2) is 23.3 Å². The molecule has 1 aromatic carbocycles. The van der Waals surface area contributed by atoms with Crippen LogP contribution in [0.15, 0.2) is 29.4 Å². The van der Waals surface area contributed by atoms with Gasteiger partial charge in [-0.05, 0) is 42.5 Å². The number of hydrogen-bond donors (Lipinski definition) is 0. The van der Waals surface area contributed by atoms with Crippen LogP contribution in [-0.4, -0.2) is 15.3 Å². The van der Waals surface area contributed by atoms with Gasteiger partial charge in [0.2, 0.25) is 5.82 Å². The summed E-state index contributed by atoms with van der Waals surface area (Å²) in [7, 11) is 0. The van der Waals surface area contributed by atoms with Crippen LogP contribution >= 0.6 is 11.9 Å². The van der Waals surface area contributed by atoms with Crippen LogP contribution in [0.5, 0.6) is 0 Å². The number of rotatable bonds is 5. The monoisotopic (exact) mass is 346 g/mol. The molecule has 1 aliphatic rings. The fourth-order valence-corrected chi connectivity index (χ4v) is 3.20. The molecule has 8 heteroatoms. The number of benzene rings is 1. The predicted molar refractivity (Wildman–Crippen MR) is 74.9 cm³/mol.